The van der Waals surface area contributed by atoms with Crippen molar-refractivity contribution >= 4 is 38.3 Å². The molecule has 2 aromatic heterocycles. The maximum atomic E-state index is 12.3. The summed E-state index contributed by atoms with van der Waals surface area (Å²) in [4.78, 5) is 16.7. The molecule has 112 valence electrons. The number of thiazole rings is 1. The summed E-state index contributed by atoms with van der Waals surface area (Å²) in [6.45, 7) is 3.45. The molecular formula is C15H12BrN3O2S. The number of anilines is 1. The van der Waals surface area contributed by atoms with Crippen molar-refractivity contribution in [2.45, 2.75) is 13.8 Å². The molecule has 0 atom stereocenters. The Kier molecular flexibility index (Phi) is 4.08. The molecule has 1 amide bonds. The van der Waals surface area contributed by atoms with Crippen LogP contribution >= 0.6 is 27.3 Å². The average Bonchev–Trinajstić information content (AvgIpc) is 3.07. The van der Waals surface area contributed by atoms with Gasteiger partial charge in [-0.05, 0) is 26.0 Å². The van der Waals surface area contributed by atoms with Gasteiger partial charge in [-0.1, -0.05) is 33.2 Å². The topological polar surface area (TPSA) is 68.0 Å². The standard InChI is InChI=1S/C15H12BrN3O2S/c1-8-13(9(2)21-19-8)14(20)18-15-17-12(7-22-15)10-3-5-11(16)6-4-10/h3-7H,1-2H3,(H,17,18,20). The van der Waals surface area contributed by atoms with Gasteiger partial charge in [-0.3, -0.25) is 10.1 Å². The second-order valence-corrected chi connectivity index (χ2v) is 6.47. The van der Waals surface area contributed by atoms with Crippen LogP contribution in [0, 0.1) is 13.8 Å². The highest BCUT2D eigenvalue weighted by Crippen LogP contribution is 2.26. The molecular weight excluding hydrogens is 366 g/mol. The molecule has 1 N–H and O–H groups in total. The molecule has 0 radical (unpaired) electrons. The van der Waals surface area contributed by atoms with Gasteiger partial charge in [-0.15, -0.1) is 11.3 Å². The van der Waals surface area contributed by atoms with E-state index in [9.17, 15) is 4.79 Å². The molecule has 0 unspecified atom stereocenters. The van der Waals surface area contributed by atoms with E-state index >= 15 is 0 Å². The minimum absolute atomic E-state index is 0.257. The summed E-state index contributed by atoms with van der Waals surface area (Å²) in [5, 5.41) is 9.02. The number of benzene rings is 1. The first-order valence-electron chi connectivity index (χ1n) is 6.50. The fourth-order valence-electron chi connectivity index (χ4n) is 2.05. The molecule has 22 heavy (non-hydrogen) atoms. The van der Waals surface area contributed by atoms with Crippen molar-refractivity contribution in [1.82, 2.24) is 10.1 Å². The van der Waals surface area contributed by atoms with E-state index in [1.54, 1.807) is 13.8 Å². The third kappa shape index (κ3) is 2.95. The first-order valence-corrected chi connectivity index (χ1v) is 8.17. The lowest BCUT2D eigenvalue weighted by atomic mass is 10.2. The number of rotatable bonds is 3. The van der Waals surface area contributed by atoms with Crippen LogP contribution in [0.25, 0.3) is 11.3 Å². The molecule has 0 saturated carbocycles. The quantitative estimate of drug-likeness (QED) is 0.732. The molecule has 0 spiro atoms. The van der Waals surface area contributed by atoms with E-state index < -0.39 is 0 Å². The van der Waals surface area contributed by atoms with Gasteiger partial charge in [0.25, 0.3) is 5.91 Å². The number of aromatic nitrogens is 2. The zero-order valence-corrected chi connectivity index (χ0v) is 14.3. The van der Waals surface area contributed by atoms with Gasteiger partial charge in [0.2, 0.25) is 0 Å². The van der Waals surface area contributed by atoms with Crippen molar-refractivity contribution in [3.8, 4) is 11.3 Å². The molecule has 0 bridgehead atoms. The Morgan fingerprint density at radius 1 is 1.27 bits per heavy atom. The van der Waals surface area contributed by atoms with E-state index in [1.165, 1.54) is 11.3 Å². The fraction of sp³-hybridized carbons (Fsp3) is 0.133. The van der Waals surface area contributed by atoms with Crippen LogP contribution in [-0.4, -0.2) is 16.0 Å². The van der Waals surface area contributed by atoms with Crippen LogP contribution in [0.2, 0.25) is 0 Å². The molecule has 0 aliphatic carbocycles. The smallest absolute Gasteiger partial charge is 0.262 e. The van der Waals surface area contributed by atoms with Gasteiger partial charge in [0.15, 0.2) is 5.13 Å². The minimum Gasteiger partial charge on any atom is -0.361 e. The van der Waals surface area contributed by atoms with Crippen LogP contribution < -0.4 is 5.32 Å². The Morgan fingerprint density at radius 3 is 2.64 bits per heavy atom. The molecule has 3 rings (SSSR count). The predicted molar refractivity (Wildman–Crippen MR) is 89.2 cm³/mol. The summed E-state index contributed by atoms with van der Waals surface area (Å²) in [7, 11) is 0. The number of nitrogens with one attached hydrogen (secondary N) is 1. The first kappa shape index (κ1) is 14.9. The molecule has 2 heterocycles. The predicted octanol–water partition coefficient (Wildman–Crippen LogP) is 4.43. The van der Waals surface area contributed by atoms with Crippen LogP contribution in [0.1, 0.15) is 21.8 Å². The Balaban J connectivity index is 1.80. The molecule has 7 heteroatoms. The number of carbonyl (C=O) groups excluding carboxylic acids is 1. The van der Waals surface area contributed by atoms with Crippen LogP contribution in [-0.2, 0) is 0 Å². The zero-order chi connectivity index (χ0) is 15.7. The first-order chi connectivity index (χ1) is 10.5. The lowest BCUT2D eigenvalue weighted by molar-refractivity contribution is 0.102. The number of nitrogens with zero attached hydrogens (tertiary/aromatic N) is 2. The Hall–Kier alpha value is -1.99. The highest BCUT2D eigenvalue weighted by molar-refractivity contribution is 9.10. The average molecular weight is 378 g/mol. The van der Waals surface area contributed by atoms with Crippen LogP contribution in [0.15, 0.2) is 38.6 Å². The van der Waals surface area contributed by atoms with Crippen LogP contribution in [0.5, 0.6) is 0 Å². The molecule has 0 saturated heterocycles. The lowest BCUT2D eigenvalue weighted by Crippen LogP contribution is -2.13. The molecule has 3 aromatic rings. The van der Waals surface area contributed by atoms with Gasteiger partial charge in [-0.2, -0.15) is 0 Å². The van der Waals surface area contributed by atoms with E-state index in [1.807, 2.05) is 29.6 Å². The van der Waals surface area contributed by atoms with Crippen molar-refractivity contribution in [2.75, 3.05) is 5.32 Å². The minimum atomic E-state index is -0.257. The Bertz CT molecular complexity index is 804. The van der Waals surface area contributed by atoms with E-state index in [4.69, 9.17) is 4.52 Å². The van der Waals surface area contributed by atoms with Crippen molar-refractivity contribution in [2.24, 2.45) is 0 Å². The fourth-order valence-corrected chi connectivity index (χ4v) is 3.03. The molecule has 5 nitrogen and oxygen atoms in total. The summed E-state index contributed by atoms with van der Waals surface area (Å²) in [6.07, 6.45) is 0. The highest BCUT2D eigenvalue weighted by Gasteiger charge is 2.18. The Morgan fingerprint density at radius 2 is 2.00 bits per heavy atom. The number of carbonyl (C=O) groups is 1. The normalized spacial score (nSPS) is 10.7. The van der Waals surface area contributed by atoms with Crippen LogP contribution in [0.4, 0.5) is 5.13 Å². The van der Waals surface area contributed by atoms with Gasteiger partial charge < -0.3 is 4.52 Å². The van der Waals surface area contributed by atoms with Gasteiger partial charge in [-0.25, -0.2) is 4.98 Å². The lowest BCUT2D eigenvalue weighted by Gasteiger charge is -2.00. The van der Waals surface area contributed by atoms with E-state index in [0.29, 0.717) is 22.1 Å². The maximum absolute atomic E-state index is 12.3. The van der Waals surface area contributed by atoms with E-state index in [2.05, 4.69) is 31.4 Å². The SMILES string of the molecule is Cc1noc(C)c1C(=O)Nc1nc(-c2ccc(Br)cc2)cs1. The summed E-state index contributed by atoms with van der Waals surface area (Å²) in [5.41, 5.74) is 2.85. The highest BCUT2D eigenvalue weighted by atomic mass is 79.9. The molecule has 1 aromatic carbocycles. The number of hydrogen-bond acceptors (Lipinski definition) is 5. The monoisotopic (exact) mass is 377 g/mol. The van der Waals surface area contributed by atoms with Crippen LogP contribution in [0.3, 0.4) is 0 Å². The van der Waals surface area contributed by atoms with Crippen molar-refractivity contribution in [1.29, 1.82) is 0 Å². The van der Waals surface area contributed by atoms with Crippen molar-refractivity contribution < 1.29 is 9.32 Å². The van der Waals surface area contributed by atoms with Gasteiger partial charge >= 0.3 is 0 Å². The Labute approximate surface area is 139 Å². The summed E-state index contributed by atoms with van der Waals surface area (Å²) >= 11 is 4.78. The molecule has 0 aliphatic rings. The number of halogens is 1. The van der Waals surface area contributed by atoms with Gasteiger partial charge in [0.1, 0.15) is 11.3 Å². The number of aryl methyl sites for hydroxylation is 2. The third-order valence-electron chi connectivity index (χ3n) is 3.13. The molecule has 0 aliphatic heterocycles. The second-order valence-electron chi connectivity index (χ2n) is 4.70. The third-order valence-corrected chi connectivity index (χ3v) is 4.41. The second kappa shape index (κ2) is 6.02. The number of amides is 1. The van der Waals surface area contributed by atoms with E-state index in [-0.39, 0.29) is 5.91 Å². The molecule has 0 fully saturated rings. The summed E-state index contributed by atoms with van der Waals surface area (Å²) in [6, 6.07) is 7.85. The van der Waals surface area contributed by atoms with E-state index in [0.717, 1.165) is 15.7 Å². The largest absolute Gasteiger partial charge is 0.361 e. The maximum Gasteiger partial charge on any atom is 0.262 e. The summed E-state index contributed by atoms with van der Waals surface area (Å²) < 4.78 is 6.02. The van der Waals surface area contributed by atoms with Gasteiger partial charge in [0, 0.05) is 15.4 Å². The zero-order valence-electron chi connectivity index (χ0n) is 11.9. The summed E-state index contributed by atoms with van der Waals surface area (Å²) in [5.74, 6) is 0.243. The van der Waals surface area contributed by atoms with Crippen molar-refractivity contribution in [3.05, 3.63) is 51.1 Å². The number of hydrogen-bond donors (Lipinski definition) is 1. The van der Waals surface area contributed by atoms with Crippen molar-refractivity contribution in [3.63, 3.8) is 0 Å². The van der Waals surface area contributed by atoms with Gasteiger partial charge in [0.05, 0.1) is 11.4 Å².